The second kappa shape index (κ2) is 6.49. The van der Waals surface area contributed by atoms with Gasteiger partial charge in [0.15, 0.2) is 11.6 Å². The largest absolute Gasteiger partial charge is 0.494 e. The molecule has 0 aliphatic heterocycles. The van der Waals surface area contributed by atoms with E-state index >= 15 is 0 Å². The zero-order valence-corrected chi connectivity index (χ0v) is 13.0. The average Bonchev–Trinajstić information content (AvgIpc) is 2.45. The standard InChI is InChI=1S/C15H13BrF3NO/c1-20-15(8-3-4-14(21-2)13(19)5-8)9-6-12(18)10(16)7-11(9)17/h3-7,15,20H,1-2H3. The molecule has 1 unspecified atom stereocenters. The lowest BCUT2D eigenvalue weighted by molar-refractivity contribution is 0.385. The van der Waals surface area contributed by atoms with Gasteiger partial charge < -0.3 is 10.1 Å². The molecular formula is C15H13BrF3NO. The third-order valence-corrected chi connectivity index (χ3v) is 3.76. The average molecular weight is 360 g/mol. The Morgan fingerprint density at radius 2 is 1.76 bits per heavy atom. The van der Waals surface area contributed by atoms with E-state index in [2.05, 4.69) is 21.2 Å². The molecule has 21 heavy (non-hydrogen) atoms. The summed E-state index contributed by atoms with van der Waals surface area (Å²) in [7, 11) is 2.95. The predicted molar refractivity (Wildman–Crippen MR) is 77.9 cm³/mol. The Morgan fingerprint density at radius 3 is 2.33 bits per heavy atom. The van der Waals surface area contributed by atoms with Crippen LogP contribution < -0.4 is 10.1 Å². The van der Waals surface area contributed by atoms with E-state index in [9.17, 15) is 13.2 Å². The van der Waals surface area contributed by atoms with Crippen molar-refractivity contribution < 1.29 is 17.9 Å². The van der Waals surface area contributed by atoms with Gasteiger partial charge >= 0.3 is 0 Å². The summed E-state index contributed by atoms with van der Waals surface area (Å²) in [6.45, 7) is 0. The highest BCUT2D eigenvalue weighted by atomic mass is 79.9. The van der Waals surface area contributed by atoms with E-state index in [1.165, 1.54) is 19.2 Å². The lowest BCUT2D eigenvalue weighted by atomic mass is 9.98. The Morgan fingerprint density at radius 1 is 1.05 bits per heavy atom. The fraction of sp³-hybridized carbons (Fsp3) is 0.200. The summed E-state index contributed by atoms with van der Waals surface area (Å²) >= 11 is 2.93. The zero-order chi connectivity index (χ0) is 15.6. The maximum atomic E-state index is 14.0. The van der Waals surface area contributed by atoms with Crippen LogP contribution in [0.2, 0.25) is 0 Å². The molecule has 1 atom stereocenters. The second-order valence-electron chi connectivity index (χ2n) is 4.40. The maximum Gasteiger partial charge on any atom is 0.165 e. The number of benzene rings is 2. The van der Waals surface area contributed by atoms with E-state index in [1.807, 2.05) is 0 Å². The van der Waals surface area contributed by atoms with E-state index in [1.54, 1.807) is 13.1 Å². The van der Waals surface area contributed by atoms with Crippen LogP contribution in [0.3, 0.4) is 0 Å². The first-order valence-electron chi connectivity index (χ1n) is 6.13. The van der Waals surface area contributed by atoms with Crippen LogP contribution in [0.25, 0.3) is 0 Å². The molecule has 0 amide bonds. The van der Waals surface area contributed by atoms with Gasteiger partial charge in [0.05, 0.1) is 17.6 Å². The number of hydrogen-bond donors (Lipinski definition) is 1. The molecule has 2 nitrogen and oxygen atoms in total. The molecule has 1 N–H and O–H groups in total. The molecule has 6 heteroatoms. The minimum Gasteiger partial charge on any atom is -0.494 e. The molecule has 0 bridgehead atoms. The summed E-state index contributed by atoms with van der Waals surface area (Å²) in [6.07, 6.45) is 0. The van der Waals surface area contributed by atoms with Crippen LogP contribution in [0.15, 0.2) is 34.8 Å². The molecule has 112 valence electrons. The van der Waals surface area contributed by atoms with Crippen molar-refractivity contribution in [1.29, 1.82) is 0 Å². The van der Waals surface area contributed by atoms with Crippen molar-refractivity contribution in [3.8, 4) is 5.75 Å². The van der Waals surface area contributed by atoms with Crippen LogP contribution in [0.1, 0.15) is 17.2 Å². The number of hydrogen-bond acceptors (Lipinski definition) is 2. The van der Waals surface area contributed by atoms with Crippen LogP contribution in [0.5, 0.6) is 5.75 Å². The van der Waals surface area contributed by atoms with Gasteiger partial charge in [-0.05, 0) is 52.8 Å². The van der Waals surface area contributed by atoms with Crippen LogP contribution >= 0.6 is 15.9 Å². The van der Waals surface area contributed by atoms with Crippen molar-refractivity contribution in [3.63, 3.8) is 0 Å². The number of nitrogens with one attached hydrogen (secondary N) is 1. The molecule has 0 heterocycles. The first kappa shape index (κ1) is 15.9. The summed E-state index contributed by atoms with van der Waals surface area (Å²) in [5.41, 5.74) is 0.569. The molecule has 0 aliphatic carbocycles. The van der Waals surface area contributed by atoms with Crippen molar-refractivity contribution >= 4 is 15.9 Å². The van der Waals surface area contributed by atoms with E-state index in [4.69, 9.17) is 4.74 Å². The Kier molecular flexibility index (Phi) is 4.90. The zero-order valence-electron chi connectivity index (χ0n) is 11.4. The SMILES string of the molecule is CNC(c1ccc(OC)c(F)c1)c1cc(F)c(Br)cc1F. The van der Waals surface area contributed by atoms with Crippen molar-refractivity contribution in [2.24, 2.45) is 0 Å². The van der Waals surface area contributed by atoms with Crippen LogP contribution in [-0.2, 0) is 0 Å². The van der Waals surface area contributed by atoms with Crippen LogP contribution in [0, 0.1) is 17.5 Å². The first-order chi connectivity index (χ1) is 9.97. The Bertz CT molecular complexity index is 664. The maximum absolute atomic E-state index is 14.0. The van der Waals surface area contributed by atoms with Gasteiger partial charge in [0.1, 0.15) is 11.6 Å². The normalized spacial score (nSPS) is 12.3. The lowest BCUT2D eigenvalue weighted by Crippen LogP contribution is -2.19. The third-order valence-electron chi connectivity index (χ3n) is 3.15. The van der Waals surface area contributed by atoms with Crippen molar-refractivity contribution in [1.82, 2.24) is 5.32 Å². The van der Waals surface area contributed by atoms with E-state index in [-0.39, 0.29) is 15.8 Å². The molecule has 0 spiro atoms. The highest BCUT2D eigenvalue weighted by Gasteiger charge is 2.20. The van der Waals surface area contributed by atoms with Crippen LogP contribution in [-0.4, -0.2) is 14.2 Å². The molecule has 0 saturated heterocycles. The number of rotatable bonds is 4. The minimum atomic E-state index is -0.673. The van der Waals surface area contributed by atoms with E-state index < -0.39 is 23.5 Å². The molecule has 2 aromatic carbocycles. The summed E-state index contributed by atoms with van der Waals surface area (Å²) in [4.78, 5) is 0. The number of halogens is 4. The Hall–Kier alpha value is -1.53. The van der Waals surface area contributed by atoms with Crippen LogP contribution in [0.4, 0.5) is 13.2 Å². The molecule has 2 rings (SSSR count). The molecule has 0 fully saturated rings. The highest BCUT2D eigenvalue weighted by molar-refractivity contribution is 9.10. The summed E-state index contributed by atoms with van der Waals surface area (Å²) in [5.74, 6) is -1.64. The monoisotopic (exact) mass is 359 g/mol. The molecule has 0 saturated carbocycles. The van der Waals surface area contributed by atoms with Crippen molar-refractivity contribution in [2.45, 2.75) is 6.04 Å². The number of ether oxygens (including phenoxy) is 1. The topological polar surface area (TPSA) is 21.3 Å². The van der Waals surface area contributed by atoms with Gasteiger partial charge in [-0.3, -0.25) is 0 Å². The lowest BCUT2D eigenvalue weighted by Gasteiger charge is -2.19. The smallest absolute Gasteiger partial charge is 0.165 e. The van der Waals surface area contributed by atoms with Gasteiger partial charge in [0, 0.05) is 5.56 Å². The fourth-order valence-corrected chi connectivity index (χ4v) is 2.44. The van der Waals surface area contributed by atoms with Gasteiger partial charge in [-0.25, -0.2) is 13.2 Å². The van der Waals surface area contributed by atoms with Gasteiger partial charge in [-0.15, -0.1) is 0 Å². The van der Waals surface area contributed by atoms with Crippen molar-refractivity contribution in [2.75, 3.05) is 14.2 Å². The summed E-state index contributed by atoms with van der Waals surface area (Å²) < 4.78 is 46.3. The summed E-state index contributed by atoms with van der Waals surface area (Å²) in [5, 5.41) is 2.86. The molecule has 0 aliphatic rings. The fourth-order valence-electron chi connectivity index (χ4n) is 2.12. The predicted octanol–water partition coefficient (Wildman–Crippen LogP) is 4.18. The van der Waals surface area contributed by atoms with Crippen molar-refractivity contribution in [3.05, 3.63) is 63.4 Å². The summed E-state index contributed by atoms with van der Waals surface area (Å²) in [6, 6.07) is 5.75. The van der Waals surface area contributed by atoms with E-state index in [0.29, 0.717) is 5.56 Å². The van der Waals surface area contributed by atoms with E-state index in [0.717, 1.165) is 12.1 Å². The van der Waals surface area contributed by atoms with Gasteiger partial charge in [-0.1, -0.05) is 6.07 Å². The highest BCUT2D eigenvalue weighted by Crippen LogP contribution is 2.30. The Balaban J connectivity index is 2.49. The molecule has 0 radical (unpaired) electrons. The number of methoxy groups -OCH3 is 1. The quantitative estimate of drug-likeness (QED) is 0.826. The molecular weight excluding hydrogens is 347 g/mol. The van der Waals surface area contributed by atoms with Gasteiger partial charge in [0.25, 0.3) is 0 Å². The molecule has 0 aromatic heterocycles. The van der Waals surface area contributed by atoms with Gasteiger partial charge in [-0.2, -0.15) is 0 Å². The van der Waals surface area contributed by atoms with Gasteiger partial charge in [0.2, 0.25) is 0 Å². The minimum absolute atomic E-state index is 0.0412. The molecule has 2 aromatic rings. The first-order valence-corrected chi connectivity index (χ1v) is 6.92. The third kappa shape index (κ3) is 3.22. The second-order valence-corrected chi connectivity index (χ2v) is 5.26. The Labute approximate surface area is 129 Å².